The number of thiocarbonyl (C=S) groups is 1. The summed E-state index contributed by atoms with van der Waals surface area (Å²) in [5.74, 6) is 1.09. The molecule has 1 aromatic heterocycles. The smallest absolute Gasteiger partial charge is 0.326 e. The van der Waals surface area contributed by atoms with Gasteiger partial charge >= 0.3 is 5.97 Å². The van der Waals surface area contributed by atoms with Crippen LogP contribution in [0.2, 0.25) is 0 Å². The van der Waals surface area contributed by atoms with Crippen LogP contribution < -0.4 is 4.74 Å². The molecule has 1 aromatic carbocycles. The largest absolute Gasteiger partial charge is 0.494 e. The van der Waals surface area contributed by atoms with E-state index in [4.69, 9.17) is 21.4 Å². The first-order chi connectivity index (χ1) is 14.4. The number of carbonyl (C=O) groups is 2. The van der Waals surface area contributed by atoms with Crippen molar-refractivity contribution >= 4 is 58.0 Å². The Hall–Kier alpha value is -2.23. The second kappa shape index (κ2) is 10.2. The van der Waals surface area contributed by atoms with E-state index >= 15 is 0 Å². The summed E-state index contributed by atoms with van der Waals surface area (Å²) in [5.41, 5.74) is 0.883. The van der Waals surface area contributed by atoms with Crippen molar-refractivity contribution in [1.29, 1.82) is 0 Å². The number of nitrogens with zero attached hydrogens (tertiary/aromatic N) is 1. The molecule has 0 saturated carbocycles. The average Bonchev–Trinajstić information content (AvgIpc) is 3.29. The SMILES string of the molecule is CCOc1ccc(-c2ccc(/C=C3\SC(=S)N(C(CCSC)C(=O)O)C3=O)o2)cc1. The van der Waals surface area contributed by atoms with Crippen LogP contribution in [0.4, 0.5) is 0 Å². The molecule has 1 fully saturated rings. The van der Waals surface area contributed by atoms with Crippen molar-refractivity contribution in [3.8, 4) is 17.1 Å². The molecule has 1 N–H and O–H groups in total. The first-order valence-electron chi connectivity index (χ1n) is 9.26. The van der Waals surface area contributed by atoms with E-state index in [2.05, 4.69) is 0 Å². The number of carboxylic acid groups (broad SMARTS) is 1. The molecule has 1 aliphatic rings. The molecule has 2 heterocycles. The molecule has 1 saturated heterocycles. The van der Waals surface area contributed by atoms with E-state index in [0.29, 0.717) is 35.2 Å². The van der Waals surface area contributed by atoms with Gasteiger partial charge in [0.15, 0.2) is 0 Å². The Kier molecular flexibility index (Phi) is 7.63. The number of thioether (sulfide) groups is 2. The third-order valence-corrected chi connectivity index (χ3v) is 6.34. The zero-order valence-corrected chi connectivity index (χ0v) is 18.9. The molecule has 3 rings (SSSR count). The van der Waals surface area contributed by atoms with Crippen molar-refractivity contribution in [1.82, 2.24) is 4.90 Å². The van der Waals surface area contributed by atoms with Gasteiger partial charge in [-0.25, -0.2) is 4.79 Å². The molecule has 0 spiro atoms. The molecule has 1 aliphatic heterocycles. The fraction of sp³-hybridized carbons (Fsp3) is 0.286. The zero-order valence-electron chi connectivity index (χ0n) is 16.5. The normalized spacial score (nSPS) is 16.3. The highest BCUT2D eigenvalue weighted by Gasteiger charge is 2.40. The second-order valence-corrected chi connectivity index (χ2v) is 9.01. The number of carbonyl (C=O) groups excluding carboxylic acids is 1. The number of benzene rings is 1. The molecule has 0 bridgehead atoms. The zero-order chi connectivity index (χ0) is 21.7. The van der Waals surface area contributed by atoms with Crippen molar-refractivity contribution in [2.24, 2.45) is 0 Å². The van der Waals surface area contributed by atoms with Crippen LogP contribution >= 0.6 is 35.7 Å². The van der Waals surface area contributed by atoms with Gasteiger partial charge in [0.25, 0.3) is 5.91 Å². The summed E-state index contributed by atoms with van der Waals surface area (Å²) >= 11 is 7.90. The van der Waals surface area contributed by atoms with E-state index in [1.54, 1.807) is 12.1 Å². The van der Waals surface area contributed by atoms with Crippen LogP contribution in [0, 0.1) is 0 Å². The van der Waals surface area contributed by atoms with Gasteiger partial charge in [-0.15, -0.1) is 0 Å². The van der Waals surface area contributed by atoms with Gasteiger partial charge < -0.3 is 14.3 Å². The Morgan fingerprint density at radius 1 is 1.33 bits per heavy atom. The highest BCUT2D eigenvalue weighted by molar-refractivity contribution is 8.26. The number of amides is 1. The summed E-state index contributed by atoms with van der Waals surface area (Å²) in [4.78, 5) is 26.0. The second-order valence-electron chi connectivity index (χ2n) is 6.35. The van der Waals surface area contributed by atoms with Crippen molar-refractivity contribution in [2.45, 2.75) is 19.4 Å². The van der Waals surface area contributed by atoms with Crippen LogP contribution in [0.25, 0.3) is 17.4 Å². The molecule has 1 amide bonds. The Balaban J connectivity index is 1.78. The maximum atomic E-state index is 12.8. The van der Waals surface area contributed by atoms with Crippen molar-refractivity contribution in [2.75, 3.05) is 18.6 Å². The summed E-state index contributed by atoms with van der Waals surface area (Å²) in [7, 11) is 0. The summed E-state index contributed by atoms with van der Waals surface area (Å²) in [6.07, 6.45) is 3.83. The Morgan fingerprint density at radius 2 is 2.07 bits per heavy atom. The van der Waals surface area contributed by atoms with E-state index < -0.39 is 17.9 Å². The van der Waals surface area contributed by atoms with Gasteiger partial charge in [-0.3, -0.25) is 9.69 Å². The summed E-state index contributed by atoms with van der Waals surface area (Å²) < 4.78 is 11.5. The van der Waals surface area contributed by atoms with E-state index in [9.17, 15) is 14.7 Å². The topological polar surface area (TPSA) is 80.0 Å². The number of hydrogen-bond acceptors (Lipinski definition) is 7. The molecular weight excluding hydrogens is 442 g/mol. The minimum Gasteiger partial charge on any atom is -0.494 e. The average molecular weight is 464 g/mol. The Bertz CT molecular complexity index is 967. The first kappa shape index (κ1) is 22.5. The molecule has 0 aliphatic carbocycles. The van der Waals surface area contributed by atoms with Crippen LogP contribution in [0.15, 0.2) is 45.7 Å². The van der Waals surface area contributed by atoms with Crippen LogP contribution in [0.3, 0.4) is 0 Å². The minimum absolute atomic E-state index is 0.248. The van der Waals surface area contributed by atoms with Gasteiger partial charge in [0.2, 0.25) is 0 Å². The van der Waals surface area contributed by atoms with Crippen molar-refractivity contribution in [3.05, 3.63) is 47.1 Å². The molecule has 9 heteroatoms. The van der Waals surface area contributed by atoms with Crippen LogP contribution in [0.5, 0.6) is 5.75 Å². The van der Waals surface area contributed by atoms with Gasteiger partial charge in [0.05, 0.1) is 11.5 Å². The summed E-state index contributed by atoms with van der Waals surface area (Å²) in [6, 6.07) is 10.2. The molecule has 2 aromatic rings. The maximum absolute atomic E-state index is 12.8. The van der Waals surface area contributed by atoms with Gasteiger partial charge in [-0.1, -0.05) is 24.0 Å². The molecule has 30 heavy (non-hydrogen) atoms. The maximum Gasteiger partial charge on any atom is 0.326 e. The van der Waals surface area contributed by atoms with E-state index in [1.165, 1.54) is 16.7 Å². The quantitative estimate of drug-likeness (QED) is 0.421. The monoisotopic (exact) mass is 463 g/mol. The number of ether oxygens (including phenoxy) is 1. The number of furan rings is 1. The molecule has 6 nitrogen and oxygen atoms in total. The third kappa shape index (κ3) is 5.08. The van der Waals surface area contributed by atoms with E-state index in [-0.39, 0.29) is 4.32 Å². The van der Waals surface area contributed by atoms with Crippen molar-refractivity contribution in [3.63, 3.8) is 0 Å². The summed E-state index contributed by atoms with van der Waals surface area (Å²) in [6.45, 7) is 2.53. The molecule has 0 radical (unpaired) electrons. The summed E-state index contributed by atoms with van der Waals surface area (Å²) in [5, 5.41) is 9.54. The van der Waals surface area contributed by atoms with Gasteiger partial charge in [0.1, 0.15) is 27.6 Å². The van der Waals surface area contributed by atoms with Gasteiger partial charge in [-0.05, 0) is 61.8 Å². The fourth-order valence-corrected chi connectivity index (χ4v) is 4.73. The predicted octanol–water partition coefficient (Wildman–Crippen LogP) is 4.75. The van der Waals surface area contributed by atoms with E-state index in [0.717, 1.165) is 23.1 Å². The Morgan fingerprint density at radius 3 is 2.70 bits per heavy atom. The molecule has 158 valence electrons. The van der Waals surface area contributed by atoms with Gasteiger partial charge in [-0.2, -0.15) is 11.8 Å². The predicted molar refractivity (Wildman–Crippen MR) is 125 cm³/mol. The highest BCUT2D eigenvalue weighted by Crippen LogP contribution is 2.35. The first-order valence-corrected chi connectivity index (χ1v) is 11.9. The molecular formula is C21H21NO5S3. The number of aliphatic carboxylic acids is 1. The van der Waals surface area contributed by atoms with Crippen LogP contribution in [-0.4, -0.2) is 50.9 Å². The minimum atomic E-state index is -1.06. The standard InChI is InChI=1S/C21H21NO5S3/c1-3-26-14-6-4-13(5-7-14)17-9-8-15(27-17)12-18-19(23)22(21(28)30-18)16(20(24)25)10-11-29-2/h4-9,12,16H,3,10-11H2,1-2H3,(H,24,25)/b18-12-. The number of hydrogen-bond donors (Lipinski definition) is 1. The van der Waals surface area contributed by atoms with Crippen LogP contribution in [0.1, 0.15) is 19.1 Å². The van der Waals surface area contributed by atoms with Crippen LogP contribution in [-0.2, 0) is 9.59 Å². The van der Waals surface area contributed by atoms with Crippen molar-refractivity contribution < 1.29 is 23.8 Å². The Labute approximate surface area is 188 Å². The highest BCUT2D eigenvalue weighted by atomic mass is 32.2. The number of rotatable bonds is 9. The van der Waals surface area contributed by atoms with Gasteiger partial charge in [0, 0.05) is 11.6 Å². The lowest BCUT2D eigenvalue weighted by atomic mass is 10.2. The lowest BCUT2D eigenvalue weighted by Crippen LogP contribution is -2.44. The third-order valence-electron chi connectivity index (χ3n) is 4.37. The lowest BCUT2D eigenvalue weighted by Gasteiger charge is -2.22. The fourth-order valence-electron chi connectivity index (χ4n) is 2.94. The number of carboxylic acids is 1. The lowest BCUT2D eigenvalue weighted by molar-refractivity contribution is -0.145. The molecule has 1 atom stereocenters. The van der Waals surface area contributed by atoms with E-state index in [1.807, 2.05) is 43.5 Å². The molecule has 1 unspecified atom stereocenters.